The van der Waals surface area contributed by atoms with Crippen LogP contribution in [-0.4, -0.2) is 31.2 Å². The van der Waals surface area contributed by atoms with Gasteiger partial charge in [0, 0.05) is 6.20 Å². The van der Waals surface area contributed by atoms with Crippen molar-refractivity contribution in [3.63, 3.8) is 0 Å². The molecule has 21 heavy (non-hydrogen) atoms. The predicted molar refractivity (Wildman–Crippen MR) is 77.5 cm³/mol. The molecule has 2 N–H and O–H groups in total. The second-order valence-corrected chi connectivity index (χ2v) is 5.78. The van der Waals surface area contributed by atoms with Gasteiger partial charge in [-0.05, 0) is 25.0 Å². The van der Waals surface area contributed by atoms with Crippen LogP contribution in [0.1, 0.15) is 44.3 Å². The minimum atomic E-state index is -0.824. The SMILES string of the molecule is O=C(CC1(O)CCCCC1)NCc1nnc2ccccn12. The van der Waals surface area contributed by atoms with Gasteiger partial charge in [-0.3, -0.25) is 9.20 Å². The standard InChI is InChI=1S/C15H20N4O2/c20-14(10-15(21)7-3-1-4-8-15)16-11-13-18-17-12-6-2-5-9-19(12)13/h2,5-6,9,21H,1,3-4,7-8,10-11H2,(H,16,20). The van der Waals surface area contributed by atoms with Gasteiger partial charge >= 0.3 is 0 Å². The number of carbonyl (C=O) groups excluding carboxylic acids is 1. The average molecular weight is 288 g/mol. The first kappa shape index (κ1) is 14.0. The zero-order valence-corrected chi connectivity index (χ0v) is 12.0. The highest BCUT2D eigenvalue weighted by molar-refractivity contribution is 5.76. The molecule has 0 spiro atoms. The van der Waals surface area contributed by atoms with Crippen LogP contribution in [0.15, 0.2) is 24.4 Å². The van der Waals surface area contributed by atoms with Gasteiger partial charge < -0.3 is 10.4 Å². The predicted octanol–water partition coefficient (Wildman–Crippen LogP) is 1.43. The Bertz CT molecular complexity index is 631. The van der Waals surface area contributed by atoms with Gasteiger partial charge in [0.15, 0.2) is 11.5 Å². The van der Waals surface area contributed by atoms with E-state index in [1.54, 1.807) is 0 Å². The first-order valence-electron chi connectivity index (χ1n) is 7.44. The van der Waals surface area contributed by atoms with Crippen molar-refractivity contribution in [2.75, 3.05) is 0 Å². The molecule has 0 radical (unpaired) electrons. The van der Waals surface area contributed by atoms with E-state index in [9.17, 15) is 9.90 Å². The van der Waals surface area contributed by atoms with Gasteiger partial charge in [0.25, 0.3) is 0 Å². The Kier molecular flexibility index (Phi) is 3.88. The Morgan fingerprint density at radius 2 is 2.10 bits per heavy atom. The molecule has 1 aliphatic carbocycles. The molecule has 0 aromatic carbocycles. The van der Waals surface area contributed by atoms with Crippen molar-refractivity contribution in [3.8, 4) is 0 Å². The minimum Gasteiger partial charge on any atom is -0.389 e. The summed E-state index contributed by atoms with van der Waals surface area (Å²) in [6.07, 6.45) is 6.62. The van der Waals surface area contributed by atoms with Gasteiger partial charge in [-0.1, -0.05) is 25.3 Å². The van der Waals surface area contributed by atoms with Crippen molar-refractivity contribution in [1.82, 2.24) is 19.9 Å². The monoisotopic (exact) mass is 288 g/mol. The van der Waals surface area contributed by atoms with E-state index in [4.69, 9.17) is 0 Å². The van der Waals surface area contributed by atoms with Crippen molar-refractivity contribution in [1.29, 1.82) is 0 Å². The van der Waals surface area contributed by atoms with E-state index in [0.29, 0.717) is 25.2 Å². The molecule has 6 nitrogen and oxygen atoms in total. The summed E-state index contributed by atoms with van der Waals surface area (Å²) in [5.74, 6) is 0.557. The number of carbonyl (C=O) groups is 1. The fourth-order valence-corrected chi connectivity index (χ4v) is 2.94. The van der Waals surface area contributed by atoms with Crippen LogP contribution in [0.4, 0.5) is 0 Å². The normalized spacial score (nSPS) is 17.8. The first-order valence-corrected chi connectivity index (χ1v) is 7.44. The van der Waals surface area contributed by atoms with Crippen LogP contribution < -0.4 is 5.32 Å². The maximum absolute atomic E-state index is 12.0. The van der Waals surface area contributed by atoms with Crippen molar-refractivity contribution < 1.29 is 9.90 Å². The Balaban J connectivity index is 1.58. The molecule has 2 aromatic rings. The Hall–Kier alpha value is -1.95. The van der Waals surface area contributed by atoms with E-state index in [2.05, 4.69) is 15.5 Å². The fraction of sp³-hybridized carbons (Fsp3) is 0.533. The van der Waals surface area contributed by atoms with Crippen LogP contribution in [0.25, 0.3) is 5.65 Å². The Morgan fingerprint density at radius 3 is 2.90 bits per heavy atom. The topological polar surface area (TPSA) is 79.5 Å². The lowest BCUT2D eigenvalue weighted by Gasteiger charge is -2.31. The zero-order chi connectivity index (χ0) is 14.7. The lowest BCUT2D eigenvalue weighted by Crippen LogP contribution is -2.38. The van der Waals surface area contributed by atoms with Crippen LogP contribution in [0.3, 0.4) is 0 Å². The number of nitrogens with one attached hydrogen (secondary N) is 1. The number of nitrogens with zero attached hydrogens (tertiary/aromatic N) is 3. The third kappa shape index (κ3) is 3.21. The summed E-state index contributed by atoms with van der Waals surface area (Å²) < 4.78 is 1.84. The third-order valence-electron chi connectivity index (χ3n) is 4.10. The van der Waals surface area contributed by atoms with Crippen LogP contribution >= 0.6 is 0 Å². The van der Waals surface area contributed by atoms with E-state index < -0.39 is 5.60 Å². The summed E-state index contributed by atoms with van der Waals surface area (Å²) in [6, 6.07) is 5.65. The molecule has 0 bridgehead atoms. The van der Waals surface area contributed by atoms with Gasteiger partial charge in [-0.15, -0.1) is 10.2 Å². The molecule has 0 aliphatic heterocycles. The molecule has 2 aromatic heterocycles. The number of hydrogen-bond acceptors (Lipinski definition) is 4. The van der Waals surface area contributed by atoms with E-state index in [-0.39, 0.29) is 12.3 Å². The fourth-order valence-electron chi connectivity index (χ4n) is 2.94. The van der Waals surface area contributed by atoms with Gasteiger partial charge in [0.05, 0.1) is 18.6 Å². The third-order valence-corrected chi connectivity index (χ3v) is 4.10. The molecule has 112 valence electrons. The smallest absolute Gasteiger partial charge is 0.223 e. The highest BCUT2D eigenvalue weighted by atomic mass is 16.3. The largest absolute Gasteiger partial charge is 0.389 e. The second-order valence-electron chi connectivity index (χ2n) is 5.78. The maximum Gasteiger partial charge on any atom is 0.223 e. The Labute approximate surface area is 123 Å². The number of rotatable bonds is 4. The quantitative estimate of drug-likeness (QED) is 0.892. The molecular formula is C15H20N4O2. The average Bonchev–Trinajstić information content (AvgIpc) is 2.89. The van der Waals surface area contributed by atoms with E-state index in [0.717, 1.165) is 24.9 Å². The summed E-state index contributed by atoms with van der Waals surface area (Å²) in [5, 5.41) is 21.3. The lowest BCUT2D eigenvalue weighted by molar-refractivity contribution is -0.127. The number of pyridine rings is 1. The number of aliphatic hydroxyl groups is 1. The van der Waals surface area contributed by atoms with Gasteiger partial charge in [0.2, 0.25) is 5.91 Å². The molecule has 1 aliphatic rings. The molecule has 1 saturated carbocycles. The molecule has 1 fully saturated rings. The second kappa shape index (κ2) is 5.81. The highest BCUT2D eigenvalue weighted by Gasteiger charge is 2.31. The lowest BCUT2D eigenvalue weighted by atomic mass is 9.82. The van der Waals surface area contributed by atoms with Gasteiger partial charge in [-0.2, -0.15) is 0 Å². The summed E-state index contributed by atoms with van der Waals surface area (Å²) >= 11 is 0. The summed E-state index contributed by atoms with van der Waals surface area (Å²) in [5.41, 5.74) is -0.0671. The van der Waals surface area contributed by atoms with Crippen molar-refractivity contribution in [2.45, 2.75) is 50.7 Å². The van der Waals surface area contributed by atoms with Crippen LogP contribution in [0.2, 0.25) is 0 Å². The summed E-state index contributed by atoms with van der Waals surface area (Å²) in [4.78, 5) is 12.0. The first-order chi connectivity index (χ1) is 10.2. The molecule has 6 heteroatoms. The molecule has 0 atom stereocenters. The molecular weight excluding hydrogens is 268 g/mol. The summed E-state index contributed by atoms with van der Waals surface area (Å²) in [7, 11) is 0. The number of amides is 1. The number of fused-ring (bicyclic) bond motifs is 1. The molecule has 2 heterocycles. The van der Waals surface area contributed by atoms with E-state index >= 15 is 0 Å². The molecule has 0 unspecified atom stereocenters. The number of aromatic nitrogens is 3. The van der Waals surface area contributed by atoms with Gasteiger partial charge in [-0.25, -0.2) is 0 Å². The van der Waals surface area contributed by atoms with Crippen molar-refractivity contribution in [3.05, 3.63) is 30.2 Å². The van der Waals surface area contributed by atoms with Crippen LogP contribution in [-0.2, 0) is 11.3 Å². The van der Waals surface area contributed by atoms with Crippen molar-refractivity contribution >= 4 is 11.6 Å². The van der Waals surface area contributed by atoms with Gasteiger partial charge in [0.1, 0.15) is 0 Å². The van der Waals surface area contributed by atoms with E-state index in [1.807, 2.05) is 28.8 Å². The maximum atomic E-state index is 12.0. The molecule has 0 saturated heterocycles. The minimum absolute atomic E-state index is 0.132. The summed E-state index contributed by atoms with van der Waals surface area (Å²) in [6.45, 7) is 0.320. The van der Waals surface area contributed by atoms with Crippen molar-refractivity contribution in [2.24, 2.45) is 0 Å². The van der Waals surface area contributed by atoms with Crippen LogP contribution in [0, 0.1) is 0 Å². The number of hydrogen-bond donors (Lipinski definition) is 2. The molecule has 1 amide bonds. The van der Waals surface area contributed by atoms with E-state index in [1.165, 1.54) is 0 Å². The zero-order valence-electron chi connectivity index (χ0n) is 12.0. The van der Waals surface area contributed by atoms with Crippen LogP contribution in [0.5, 0.6) is 0 Å². The highest BCUT2D eigenvalue weighted by Crippen LogP contribution is 2.30. The molecule has 3 rings (SSSR count). The Morgan fingerprint density at radius 1 is 1.29 bits per heavy atom.